The lowest BCUT2D eigenvalue weighted by Crippen LogP contribution is -2.24. The van der Waals surface area contributed by atoms with E-state index >= 15 is 0 Å². The molecule has 0 fully saturated rings. The predicted octanol–water partition coefficient (Wildman–Crippen LogP) is 2.08. The predicted molar refractivity (Wildman–Crippen MR) is 81.2 cm³/mol. The third kappa shape index (κ3) is 4.85. The van der Waals surface area contributed by atoms with Crippen molar-refractivity contribution in [1.82, 2.24) is 14.8 Å². The molecule has 7 nitrogen and oxygen atoms in total. The Morgan fingerprint density at radius 1 is 1.21 bits per heavy atom. The van der Waals surface area contributed by atoms with Crippen molar-refractivity contribution in [3.05, 3.63) is 23.8 Å². The number of sulfone groups is 1. The monoisotopic (exact) mass is 454 g/mol. The van der Waals surface area contributed by atoms with E-state index in [1.165, 1.54) is 0 Å². The van der Waals surface area contributed by atoms with E-state index in [2.05, 4.69) is 10.1 Å². The van der Waals surface area contributed by atoms with Crippen molar-refractivity contribution in [3.8, 4) is 5.69 Å². The van der Waals surface area contributed by atoms with E-state index in [4.69, 9.17) is 5.73 Å². The van der Waals surface area contributed by atoms with E-state index < -0.39 is 72.2 Å². The first-order valence-corrected chi connectivity index (χ1v) is 10.0. The molecule has 2 rings (SSSR count). The van der Waals surface area contributed by atoms with Gasteiger partial charge in [0, 0.05) is 12.3 Å². The maximum atomic E-state index is 14.3. The minimum Gasteiger partial charge on any atom is -0.611 e. The normalized spacial score (nSPS) is 14.3. The highest BCUT2D eigenvalue weighted by Crippen LogP contribution is 2.32. The fourth-order valence-electron chi connectivity index (χ4n) is 2.00. The van der Waals surface area contributed by atoms with Crippen LogP contribution in [0.5, 0.6) is 0 Å². The summed E-state index contributed by atoms with van der Waals surface area (Å²) in [6.07, 6.45) is -9.50. The molecular formula is C12H9F7N4O3S2. The summed E-state index contributed by atoms with van der Waals surface area (Å²) in [7, 11) is -4.34. The van der Waals surface area contributed by atoms with Gasteiger partial charge in [-0.1, -0.05) is 0 Å². The molecule has 1 heterocycles. The second-order valence-electron chi connectivity index (χ2n) is 5.33. The SMILES string of the molecule is CS(=O)(=O)c1cc(F)c(-n2nc(C(F)(F)F)nc2N)cc1[S+]([O-])CC(F)(F)F. The number of nitrogen functional groups attached to an aromatic ring is 1. The van der Waals surface area contributed by atoms with Gasteiger partial charge in [0.25, 0.3) is 5.82 Å². The second kappa shape index (κ2) is 7.07. The lowest BCUT2D eigenvalue weighted by Gasteiger charge is -2.16. The van der Waals surface area contributed by atoms with E-state index in [1.807, 2.05) is 0 Å². The van der Waals surface area contributed by atoms with Gasteiger partial charge in [-0.25, -0.2) is 12.8 Å². The molecule has 0 aliphatic carbocycles. The molecule has 0 saturated heterocycles. The third-order valence-corrected chi connectivity index (χ3v) is 5.75. The highest BCUT2D eigenvalue weighted by molar-refractivity contribution is 7.94. The molecular weight excluding hydrogens is 445 g/mol. The quantitative estimate of drug-likeness (QED) is 0.559. The molecule has 1 aromatic carbocycles. The highest BCUT2D eigenvalue weighted by atomic mass is 32.2. The minimum atomic E-state index is -5.07. The Morgan fingerprint density at radius 3 is 2.21 bits per heavy atom. The summed E-state index contributed by atoms with van der Waals surface area (Å²) in [6, 6.07) is 0.599. The topological polar surface area (TPSA) is 114 Å². The number of aromatic nitrogens is 3. The van der Waals surface area contributed by atoms with Gasteiger partial charge in [-0.15, -0.1) is 5.10 Å². The van der Waals surface area contributed by atoms with Crippen LogP contribution in [0.25, 0.3) is 5.69 Å². The summed E-state index contributed by atoms with van der Waals surface area (Å²) in [5.74, 6) is -6.21. The number of hydrogen-bond donors (Lipinski definition) is 1. The van der Waals surface area contributed by atoms with Gasteiger partial charge in [-0.2, -0.15) is 36.0 Å². The molecule has 2 aromatic rings. The van der Waals surface area contributed by atoms with Crippen LogP contribution in [-0.2, 0) is 27.2 Å². The number of hydrogen-bond acceptors (Lipinski definition) is 6. The molecule has 2 N–H and O–H groups in total. The molecule has 16 heteroatoms. The number of nitrogens with zero attached hydrogens (tertiary/aromatic N) is 3. The van der Waals surface area contributed by atoms with E-state index in [0.717, 1.165) is 0 Å². The van der Waals surface area contributed by atoms with Gasteiger partial charge in [0.05, 0.1) is 0 Å². The zero-order chi connectivity index (χ0) is 21.7. The summed E-state index contributed by atoms with van der Waals surface area (Å²) < 4.78 is 126. The summed E-state index contributed by atoms with van der Waals surface area (Å²) in [4.78, 5) is 0.874. The van der Waals surface area contributed by atoms with Crippen molar-refractivity contribution in [2.75, 3.05) is 17.7 Å². The average Bonchev–Trinajstić information content (AvgIpc) is 2.86. The van der Waals surface area contributed by atoms with Crippen LogP contribution < -0.4 is 5.73 Å². The van der Waals surface area contributed by atoms with Gasteiger partial charge in [0.15, 0.2) is 20.5 Å². The van der Waals surface area contributed by atoms with Crippen molar-refractivity contribution >= 4 is 27.0 Å². The number of alkyl halides is 6. The third-order valence-electron chi connectivity index (χ3n) is 3.07. The lowest BCUT2D eigenvalue weighted by molar-refractivity contribution is -0.144. The van der Waals surface area contributed by atoms with Crippen molar-refractivity contribution in [2.45, 2.75) is 22.1 Å². The average molecular weight is 454 g/mol. The second-order valence-corrected chi connectivity index (χ2v) is 8.73. The zero-order valence-corrected chi connectivity index (χ0v) is 15.1. The molecule has 156 valence electrons. The van der Waals surface area contributed by atoms with Crippen molar-refractivity contribution < 1.29 is 43.7 Å². The van der Waals surface area contributed by atoms with Crippen LogP contribution in [0.1, 0.15) is 5.82 Å². The summed E-state index contributed by atoms with van der Waals surface area (Å²) in [5, 5.41) is 2.92. The molecule has 0 aliphatic rings. The molecule has 0 saturated carbocycles. The number of halogens is 7. The van der Waals surface area contributed by atoms with Crippen LogP contribution in [0.3, 0.4) is 0 Å². The largest absolute Gasteiger partial charge is 0.611 e. The first-order valence-electron chi connectivity index (χ1n) is 6.79. The van der Waals surface area contributed by atoms with Gasteiger partial charge in [-0.05, 0) is 17.2 Å². The van der Waals surface area contributed by atoms with Crippen LogP contribution in [0.2, 0.25) is 0 Å². The fourth-order valence-corrected chi connectivity index (χ4v) is 4.46. The summed E-state index contributed by atoms with van der Waals surface area (Å²) in [6.45, 7) is 0. The first-order chi connectivity index (χ1) is 12.5. The van der Waals surface area contributed by atoms with Crippen LogP contribution in [0, 0.1) is 5.82 Å². The zero-order valence-electron chi connectivity index (χ0n) is 13.5. The van der Waals surface area contributed by atoms with E-state index in [0.29, 0.717) is 12.3 Å². The summed E-state index contributed by atoms with van der Waals surface area (Å²) >= 11 is -3.02. The van der Waals surface area contributed by atoms with Gasteiger partial charge in [-0.3, -0.25) is 0 Å². The van der Waals surface area contributed by atoms with Crippen LogP contribution >= 0.6 is 0 Å². The van der Waals surface area contributed by atoms with E-state index in [9.17, 15) is 43.7 Å². The maximum absolute atomic E-state index is 14.3. The summed E-state index contributed by atoms with van der Waals surface area (Å²) in [5.41, 5.74) is 4.28. The maximum Gasteiger partial charge on any atom is 0.453 e. The molecule has 1 unspecified atom stereocenters. The molecule has 0 radical (unpaired) electrons. The smallest absolute Gasteiger partial charge is 0.453 e. The minimum absolute atomic E-state index is 0.110. The fraction of sp³-hybridized carbons (Fsp3) is 0.333. The van der Waals surface area contributed by atoms with Crippen LogP contribution in [0.15, 0.2) is 21.9 Å². The van der Waals surface area contributed by atoms with E-state index in [-0.39, 0.29) is 10.7 Å². The Kier molecular flexibility index (Phi) is 5.61. The van der Waals surface area contributed by atoms with Crippen molar-refractivity contribution in [3.63, 3.8) is 0 Å². The number of nitrogens with two attached hydrogens (primary N) is 1. The number of anilines is 1. The van der Waals surface area contributed by atoms with Gasteiger partial charge >= 0.3 is 12.4 Å². The Balaban J connectivity index is 2.72. The Labute approximate surface area is 155 Å². The highest BCUT2D eigenvalue weighted by Gasteiger charge is 2.39. The van der Waals surface area contributed by atoms with Gasteiger partial charge < -0.3 is 10.3 Å². The van der Waals surface area contributed by atoms with Gasteiger partial charge in [0.2, 0.25) is 11.7 Å². The van der Waals surface area contributed by atoms with Crippen molar-refractivity contribution in [2.24, 2.45) is 0 Å². The standard InChI is InChI=1S/C12H9F7N4O3S2/c1-28(25,26)8-2-5(13)6(3-7(8)27(24)4-11(14,15)16)23-10(20)21-9(22-23)12(17,18)19/h2-3H,4H2,1H3,(H2,20,21,22). The molecule has 0 amide bonds. The Hall–Kier alpha value is -2.07. The molecule has 28 heavy (non-hydrogen) atoms. The molecule has 0 bridgehead atoms. The number of benzene rings is 1. The van der Waals surface area contributed by atoms with Crippen LogP contribution in [0.4, 0.5) is 36.7 Å². The van der Waals surface area contributed by atoms with E-state index in [1.54, 1.807) is 0 Å². The first kappa shape index (κ1) is 22.2. The Bertz CT molecular complexity index is 1000. The van der Waals surface area contributed by atoms with Crippen LogP contribution in [-0.4, -0.2) is 45.9 Å². The lowest BCUT2D eigenvalue weighted by atomic mass is 10.3. The van der Waals surface area contributed by atoms with Crippen molar-refractivity contribution in [1.29, 1.82) is 0 Å². The molecule has 0 aliphatic heterocycles. The van der Waals surface area contributed by atoms with Gasteiger partial charge in [0.1, 0.15) is 10.6 Å². The number of rotatable bonds is 4. The molecule has 1 aromatic heterocycles. The Morgan fingerprint density at radius 2 is 1.79 bits per heavy atom. The molecule has 1 atom stereocenters. The molecule has 0 spiro atoms.